The first-order chi connectivity index (χ1) is 16.9. The van der Waals surface area contributed by atoms with Crippen molar-refractivity contribution in [1.29, 1.82) is 0 Å². The van der Waals surface area contributed by atoms with Gasteiger partial charge in [-0.15, -0.1) is 0 Å². The van der Waals surface area contributed by atoms with Gasteiger partial charge in [0.2, 0.25) is 5.91 Å². The van der Waals surface area contributed by atoms with Crippen LogP contribution < -0.4 is 10.6 Å². The number of nitrogens with one attached hydrogen (secondary N) is 1. The van der Waals surface area contributed by atoms with Crippen molar-refractivity contribution in [2.45, 2.75) is 90.4 Å². The molecule has 1 amide bonds. The monoisotopic (exact) mass is 487 g/mol. The van der Waals surface area contributed by atoms with Gasteiger partial charge >= 0.3 is 6.18 Å². The lowest BCUT2D eigenvalue weighted by molar-refractivity contribution is -0.137. The maximum absolute atomic E-state index is 12.6. The van der Waals surface area contributed by atoms with E-state index in [1.807, 2.05) is 24.3 Å². The highest BCUT2D eigenvalue weighted by Gasteiger charge is 2.29. The summed E-state index contributed by atoms with van der Waals surface area (Å²) < 4.78 is 37.9. The van der Waals surface area contributed by atoms with E-state index in [0.29, 0.717) is 19.5 Å². The number of benzene rings is 2. The third kappa shape index (κ3) is 12.6. The largest absolute Gasteiger partial charge is 0.416 e. The molecule has 35 heavy (non-hydrogen) atoms. The number of carbonyl (C=O) groups excluding carboxylic acids is 1. The van der Waals surface area contributed by atoms with Crippen LogP contribution in [-0.2, 0) is 24.1 Å². The average Bonchev–Trinajstić information content (AvgIpc) is 2.83. The lowest BCUT2D eigenvalue weighted by Gasteiger charge is -2.09. The van der Waals surface area contributed by atoms with Gasteiger partial charge in [-0.25, -0.2) is 5.32 Å². The number of alkyl halides is 3. The van der Waals surface area contributed by atoms with Gasteiger partial charge < -0.3 is 5.32 Å². The summed E-state index contributed by atoms with van der Waals surface area (Å²) in [4.78, 5) is 12.2. The zero-order valence-corrected chi connectivity index (χ0v) is 20.7. The van der Waals surface area contributed by atoms with Crippen LogP contribution in [-0.4, -0.2) is 5.91 Å². The quantitative estimate of drug-likeness (QED) is 0.187. The number of hydrogen-bond donors (Lipinski definition) is 1. The summed E-state index contributed by atoms with van der Waals surface area (Å²) >= 11 is 0. The highest BCUT2D eigenvalue weighted by Crippen LogP contribution is 2.29. The fourth-order valence-electron chi connectivity index (χ4n) is 3.67. The van der Waals surface area contributed by atoms with Crippen molar-refractivity contribution < 1.29 is 18.0 Å². The standard InChI is InChI=1S/C29H38F3N2O/c1-2-3-4-5-6-7-8-9-10-11-12-13-28(35)34-27-20-16-25(17-21-27)23-33-22-24-14-18-26(19-15-24)29(30,31)32/h5-6,14-21H,2-4,7-13,22-23H2,1H3,(H,34,35)/b6-5+. The molecule has 0 aliphatic rings. The molecule has 0 saturated carbocycles. The molecular formula is C29H38F3N2O. The number of carbonyl (C=O) groups is 1. The molecule has 0 atom stereocenters. The average molecular weight is 488 g/mol. The molecule has 0 unspecified atom stereocenters. The van der Waals surface area contributed by atoms with Gasteiger partial charge in [0.05, 0.1) is 5.56 Å². The van der Waals surface area contributed by atoms with Gasteiger partial charge in [0.25, 0.3) is 0 Å². The molecule has 2 rings (SSSR count). The number of anilines is 1. The van der Waals surface area contributed by atoms with Crippen LogP contribution >= 0.6 is 0 Å². The highest BCUT2D eigenvalue weighted by atomic mass is 19.4. The Bertz CT molecular complexity index is 874. The normalized spacial score (nSPS) is 11.8. The van der Waals surface area contributed by atoms with E-state index < -0.39 is 11.7 Å². The van der Waals surface area contributed by atoms with E-state index >= 15 is 0 Å². The minimum absolute atomic E-state index is 0.0311. The SMILES string of the molecule is CCCC/C=C/CCCCCCCC(=O)Nc1ccc(C[N]Cc2ccc(C(F)(F)F)cc2)cc1. The molecule has 2 aromatic carbocycles. The third-order valence-corrected chi connectivity index (χ3v) is 5.77. The first-order valence-corrected chi connectivity index (χ1v) is 12.7. The van der Waals surface area contributed by atoms with Crippen molar-refractivity contribution in [1.82, 2.24) is 5.32 Å². The first-order valence-electron chi connectivity index (χ1n) is 12.7. The predicted molar refractivity (Wildman–Crippen MR) is 137 cm³/mol. The van der Waals surface area contributed by atoms with Gasteiger partial charge in [0.1, 0.15) is 0 Å². The van der Waals surface area contributed by atoms with E-state index in [1.165, 1.54) is 50.7 Å². The van der Waals surface area contributed by atoms with E-state index in [0.717, 1.165) is 48.2 Å². The number of hydrogen-bond acceptors (Lipinski definition) is 1. The molecule has 0 aliphatic heterocycles. The minimum Gasteiger partial charge on any atom is -0.326 e. The second-order valence-electron chi connectivity index (χ2n) is 8.90. The van der Waals surface area contributed by atoms with Gasteiger partial charge in [-0.1, -0.05) is 75.4 Å². The van der Waals surface area contributed by atoms with Crippen molar-refractivity contribution in [3.63, 3.8) is 0 Å². The Morgan fingerprint density at radius 1 is 0.800 bits per heavy atom. The Morgan fingerprint density at radius 3 is 1.94 bits per heavy atom. The fourth-order valence-corrected chi connectivity index (χ4v) is 3.67. The van der Waals surface area contributed by atoms with Gasteiger partial charge in [-0.2, -0.15) is 13.2 Å². The summed E-state index contributed by atoms with van der Waals surface area (Å²) in [6.07, 6.45) is 11.2. The van der Waals surface area contributed by atoms with Gasteiger partial charge in [0.15, 0.2) is 0 Å². The molecule has 0 bridgehead atoms. The lowest BCUT2D eigenvalue weighted by atomic mass is 10.1. The van der Waals surface area contributed by atoms with Crippen LogP contribution in [0.5, 0.6) is 0 Å². The van der Waals surface area contributed by atoms with E-state index in [-0.39, 0.29) is 5.91 Å². The van der Waals surface area contributed by atoms with Crippen LogP contribution in [0.25, 0.3) is 0 Å². The molecule has 0 saturated heterocycles. The molecule has 6 heteroatoms. The third-order valence-electron chi connectivity index (χ3n) is 5.77. The van der Waals surface area contributed by atoms with E-state index in [1.54, 1.807) is 0 Å². The Morgan fingerprint density at radius 2 is 1.34 bits per heavy atom. The molecule has 0 aromatic heterocycles. The Balaban J connectivity index is 1.56. The van der Waals surface area contributed by atoms with Gasteiger partial charge in [0, 0.05) is 25.2 Å². The molecule has 1 N–H and O–H groups in total. The number of rotatable bonds is 16. The zero-order valence-electron chi connectivity index (χ0n) is 20.7. The Labute approximate surface area is 208 Å². The molecule has 2 aromatic rings. The minimum atomic E-state index is -4.32. The van der Waals surface area contributed by atoms with Crippen LogP contribution in [0, 0.1) is 0 Å². The summed E-state index contributed by atoms with van der Waals surface area (Å²) in [6, 6.07) is 12.6. The summed E-state index contributed by atoms with van der Waals surface area (Å²) in [6.45, 7) is 3.03. The van der Waals surface area contributed by atoms with E-state index in [9.17, 15) is 18.0 Å². The molecule has 0 fully saturated rings. The first kappa shape index (κ1) is 28.6. The van der Waals surface area contributed by atoms with Crippen molar-refractivity contribution in [2.75, 3.05) is 5.32 Å². The van der Waals surface area contributed by atoms with Crippen LogP contribution in [0.2, 0.25) is 0 Å². The molecule has 0 aliphatic carbocycles. The maximum Gasteiger partial charge on any atom is 0.416 e. The van der Waals surface area contributed by atoms with Crippen LogP contribution in [0.15, 0.2) is 60.7 Å². The van der Waals surface area contributed by atoms with Gasteiger partial charge in [-0.3, -0.25) is 4.79 Å². The highest BCUT2D eigenvalue weighted by molar-refractivity contribution is 5.90. The van der Waals surface area contributed by atoms with Crippen LogP contribution in [0.3, 0.4) is 0 Å². The van der Waals surface area contributed by atoms with E-state index in [2.05, 4.69) is 29.7 Å². The topological polar surface area (TPSA) is 43.2 Å². The summed E-state index contributed by atoms with van der Waals surface area (Å²) in [5, 5.41) is 7.35. The maximum atomic E-state index is 12.6. The van der Waals surface area contributed by atoms with Crippen molar-refractivity contribution in [2.24, 2.45) is 0 Å². The van der Waals surface area contributed by atoms with Crippen molar-refractivity contribution in [3.05, 3.63) is 77.4 Å². The number of allylic oxidation sites excluding steroid dienone is 2. The smallest absolute Gasteiger partial charge is 0.326 e. The molecule has 191 valence electrons. The van der Waals surface area contributed by atoms with Crippen molar-refractivity contribution in [3.8, 4) is 0 Å². The number of halogens is 3. The second kappa shape index (κ2) is 16.1. The Kier molecular flexibility index (Phi) is 13.2. The summed E-state index contributed by atoms with van der Waals surface area (Å²) in [5.41, 5.74) is 1.83. The molecular weight excluding hydrogens is 449 g/mol. The zero-order chi connectivity index (χ0) is 25.4. The molecule has 1 radical (unpaired) electrons. The predicted octanol–water partition coefficient (Wildman–Crippen LogP) is 8.43. The summed E-state index contributed by atoms with van der Waals surface area (Å²) in [7, 11) is 0. The summed E-state index contributed by atoms with van der Waals surface area (Å²) in [5.74, 6) is 0.0311. The second-order valence-corrected chi connectivity index (χ2v) is 8.90. The van der Waals surface area contributed by atoms with Gasteiger partial charge in [-0.05, 0) is 61.1 Å². The van der Waals surface area contributed by atoms with E-state index in [4.69, 9.17) is 0 Å². The Hall–Kier alpha value is -2.60. The number of amides is 1. The van der Waals surface area contributed by atoms with Crippen LogP contribution in [0.1, 0.15) is 87.8 Å². The number of nitrogens with zero attached hydrogens (tertiary/aromatic N) is 1. The number of unbranched alkanes of at least 4 members (excludes halogenated alkanes) is 7. The molecule has 3 nitrogen and oxygen atoms in total. The lowest BCUT2D eigenvalue weighted by Crippen LogP contribution is -2.11. The molecule has 0 spiro atoms. The van der Waals surface area contributed by atoms with Crippen LogP contribution in [0.4, 0.5) is 18.9 Å². The van der Waals surface area contributed by atoms with Crippen molar-refractivity contribution >= 4 is 11.6 Å². The fraction of sp³-hybridized carbons (Fsp3) is 0.483. The molecule has 0 heterocycles.